The van der Waals surface area contributed by atoms with Crippen LogP contribution in [0.2, 0.25) is 0 Å². The number of rotatable bonds is 5. The van der Waals surface area contributed by atoms with Gasteiger partial charge in [-0.15, -0.1) is 0 Å². The SMILES string of the molecule is CC(C)(C)OC(=O)N1CCC(C2CCNc3c2nn(-c2ccc(Oc4ccccc4)cc2)c3C(N)=O)CC1. The lowest BCUT2D eigenvalue weighted by atomic mass is 9.78. The number of carbonyl (C=O) groups is 2. The van der Waals surface area contributed by atoms with Gasteiger partial charge in [0.1, 0.15) is 17.1 Å². The number of hydrogen-bond acceptors (Lipinski definition) is 6. The maximum Gasteiger partial charge on any atom is 0.410 e. The number of nitrogens with two attached hydrogens (primary N) is 1. The van der Waals surface area contributed by atoms with E-state index < -0.39 is 11.5 Å². The van der Waals surface area contributed by atoms with E-state index in [4.69, 9.17) is 20.3 Å². The van der Waals surface area contributed by atoms with Crippen molar-refractivity contribution in [3.63, 3.8) is 0 Å². The van der Waals surface area contributed by atoms with Crippen LogP contribution in [-0.2, 0) is 4.74 Å². The Morgan fingerprint density at radius 2 is 1.63 bits per heavy atom. The molecule has 1 fully saturated rings. The summed E-state index contributed by atoms with van der Waals surface area (Å²) in [6, 6.07) is 17.0. The number of piperidine rings is 1. The number of likely N-dealkylation sites (tertiary alicyclic amines) is 1. The van der Waals surface area contributed by atoms with Crippen molar-refractivity contribution in [2.24, 2.45) is 11.7 Å². The molecule has 2 aliphatic rings. The molecule has 0 spiro atoms. The molecule has 1 aromatic heterocycles. The van der Waals surface area contributed by atoms with Gasteiger partial charge in [-0.1, -0.05) is 18.2 Å². The average molecular weight is 518 g/mol. The molecule has 0 saturated carbocycles. The van der Waals surface area contributed by atoms with Crippen LogP contribution in [-0.4, -0.2) is 51.9 Å². The number of nitrogens with zero attached hydrogens (tertiary/aromatic N) is 3. The van der Waals surface area contributed by atoms with Crippen molar-refractivity contribution in [2.45, 2.75) is 51.6 Å². The van der Waals surface area contributed by atoms with Crippen LogP contribution < -0.4 is 15.8 Å². The van der Waals surface area contributed by atoms with E-state index in [0.29, 0.717) is 36.1 Å². The number of para-hydroxylation sites is 1. The molecule has 38 heavy (non-hydrogen) atoms. The van der Waals surface area contributed by atoms with Crippen LogP contribution in [0.3, 0.4) is 0 Å². The summed E-state index contributed by atoms with van der Waals surface area (Å²) in [4.78, 5) is 26.9. The van der Waals surface area contributed by atoms with Crippen molar-refractivity contribution < 1.29 is 19.1 Å². The number of ether oxygens (including phenoxy) is 2. The quantitative estimate of drug-likeness (QED) is 0.474. The third-order valence-electron chi connectivity index (χ3n) is 7.07. The normalized spacial score (nSPS) is 17.9. The zero-order valence-corrected chi connectivity index (χ0v) is 22.1. The van der Waals surface area contributed by atoms with E-state index in [0.717, 1.165) is 42.9 Å². The van der Waals surface area contributed by atoms with Crippen LogP contribution in [0.1, 0.15) is 62.1 Å². The molecule has 1 unspecified atom stereocenters. The van der Waals surface area contributed by atoms with Gasteiger partial charge in [-0.3, -0.25) is 4.79 Å². The Balaban J connectivity index is 1.36. The zero-order chi connectivity index (χ0) is 26.9. The number of carbonyl (C=O) groups excluding carboxylic acids is 2. The van der Waals surface area contributed by atoms with Gasteiger partial charge in [0.15, 0.2) is 5.69 Å². The molecule has 3 aromatic rings. The summed E-state index contributed by atoms with van der Waals surface area (Å²) in [5.41, 5.74) is 8.01. The average Bonchev–Trinajstić information content (AvgIpc) is 3.29. The van der Waals surface area contributed by atoms with E-state index in [1.54, 1.807) is 9.58 Å². The van der Waals surface area contributed by atoms with Crippen molar-refractivity contribution in [3.05, 3.63) is 66.0 Å². The van der Waals surface area contributed by atoms with Gasteiger partial charge in [0, 0.05) is 25.6 Å². The van der Waals surface area contributed by atoms with Crippen LogP contribution in [0.5, 0.6) is 11.5 Å². The summed E-state index contributed by atoms with van der Waals surface area (Å²) in [6.07, 6.45) is 2.35. The van der Waals surface area contributed by atoms with Gasteiger partial charge >= 0.3 is 6.09 Å². The van der Waals surface area contributed by atoms with E-state index in [9.17, 15) is 9.59 Å². The third-order valence-corrected chi connectivity index (χ3v) is 7.07. The van der Waals surface area contributed by atoms with Crippen molar-refractivity contribution in [1.82, 2.24) is 14.7 Å². The van der Waals surface area contributed by atoms with Gasteiger partial charge < -0.3 is 25.4 Å². The first-order valence-corrected chi connectivity index (χ1v) is 13.2. The van der Waals surface area contributed by atoms with Crippen molar-refractivity contribution in [1.29, 1.82) is 0 Å². The molecule has 200 valence electrons. The highest BCUT2D eigenvalue weighted by molar-refractivity contribution is 5.98. The fourth-order valence-electron chi connectivity index (χ4n) is 5.32. The number of benzene rings is 2. The first-order chi connectivity index (χ1) is 18.2. The van der Waals surface area contributed by atoms with Crippen molar-refractivity contribution in [3.8, 4) is 17.2 Å². The van der Waals surface area contributed by atoms with E-state index in [1.165, 1.54) is 0 Å². The third kappa shape index (κ3) is 5.46. The predicted octanol–water partition coefficient (Wildman–Crippen LogP) is 5.31. The lowest BCUT2D eigenvalue weighted by molar-refractivity contribution is 0.0172. The van der Waals surface area contributed by atoms with Crippen LogP contribution in [0.25, 0.3) is 5.69 Å². The molecular weight excluding hydrogens is 482 g/mol. The highest BCUT2D eigenvalue weighted by atomic mass is 16.6. The van der Waals surface area contributed by atoms with Crippen LogP contribution in [0.4, 0.5) is 10.5 Å². The largest absolute Gasteiger partial charge is 0.457 e. The minimum Gasteiger partial charge on any atom is -0.457 e. The number of hydrogen-bond donors (Lipinski definition) is 2. The topological polar surface area (TPSA) is 112 Å². The monoisotopic (exact) mass is 517 g/mol. The fraction of sp³-hybridized carbons (Fsp3) is 0.414. The molecule has 9 nitrogen and oxygen atoms in total. The van der Waals surface area contributed by atoms with E-state index in [-0.39, 0.29) is 12.0 Å². The summed E-state index contributed by atoms with van der Waals surface area (Å²) in [5, 5.41) is 8.30. The number of anilines is 1. The van der Waals surface area contributed by atoms with Crippen molar-refractivity contribution >= 4 is 17.7 Å². The van der Waals surface area contributed by atoms with Gasteiger partial charge in [0.25, 0.3) is 5.91 Å². The standard InChI is InChI=1S/C29H35N5O4/c1-29(2,3)38-28(36)33-17-14-19(15-18-33)23-13-16-31-25-24(23)32-34(26(25)27(30)35)20-9-11-22(12-10-20)37-21-7-5-4-6-8-21/h4-12,19,23,31H,13-18H2,1-3H3,(H2,30,35). The second-order valence-corrected chi connectivity index (χ2v) is 10.9. The number of fused-ring (bicyclic) bond motifs is 1. The Bertz CT molecular complexity index is 1290. The highest BCUT2D eigenvalue weighted by Gasteiger charge is 2.37. The molecule has 0 bridgehead atoms. The lowest BCUT2D eigenvalue weighted by Gasteiger charge is -2.37. The van der Waals surface area contributed by atoms with E-state index >= 15 is 0 Å². The van der Waals surface area contributed by atoms with Gasteiger partial charge in [-0.05, 0) is 82.3 Å². The summed E-state index contributed by atoms with van der Waals surface area (Å²) in [6.45, 7) is 7.66. The minimum absolute atomic E-state index is 0.173. The Morgan fingerprint density at radius 3 is 2.26 bits per heavy atom. The lowest BCUT2D eigenvalue weighted by Crippen LogP contribution is -2.43. The summed E-state index contributed by atoms with van der Waals surface area (Å²) in [7, 11) is 0. The van der Waals surface area contributed by atoms with Crippen molar-refractivity contribution in [2.75, 3.05) is 25.0 Å². The summed E-state index contributed by atoms with van der Waals surface area (Å²) >= 11 is 0. The molecule has 3 N–H and O–H groups in total. The number of primary amides is 1. The van der Waals surface area contributed by atoms with E-state index in [1.807, 2.05) is 75.4 Å². The fourth-order valence-corrected chi connectivity index (χ4v) is 5.32. The van der Waals surface area contributed by atoms with Gasteiger partial charge in [-0.2, -0.15) is 5.10 Å². The Morgan fingerprint density at radius 1 is 0.974 bits per heavy atom. The van der Waals surface area contributed by atoms with Crippen LogP contribution >= 0.6 is 0 Å². The Labute approximate surface area is 222 Å². The van der Waals surface area contributed by atoms with Gasteiger partial charge in [0.2, 0.25) is 0 Å². The summed E-state index contributed by atoms with van der Waals surface area (Å²) in [5.74, 6) is 1.42. The molecule has 2 amide bonds. The van der Waals surface area contributed by atoms with Crippen LogP contribution in [0, 0.1) is 5.92 Å². The molecule has 9 heteroatoms. The molecule has 1 saturated heterocycles. The molecular formula is C29H35N5O4. The van der Waals surface area contributed by atoms with E-state index in [2.05, 4.69) is 5.32 Å². The van der Waals surface area contributed by atoms with Crippen LogP contribution in [0.15, 0.2) is 54.6 Å². The van der Waals surface area contributed by atoms with Gasteiger partial charge in [0.05, 0.1) is 17.1 Å². The molecule has 2 aromatic carbocycles. The molecule has 2 aliphatic heterocycles. The second kappa shape index (κ2) is 10.4. The maximum atomic E-state index is 12.6. The Hall–Kier alpha value is -4.01. The molecule has 0 aliphatic carbocycles. The molecule has 1 atom stereocenters. The second-order valence-electron chi connectivity index (χ2n) is 10.9. The molecule has 3 heterocycles. The highest BCUT2D eigenvalue weighted by Crippen LogP contribution is 2.42. The first kappa shape index (κ1) is 25.6. The van der Waals surface area contributed by atoms with Gasteiger partial charge in [-0.25, -0.2) is 9.48 Å². The summed E-state index contributed by atoms with van der Waals surface area (Å²) < 4.78 is 13.1. The molecule has 5 rings (SSSR count). The number of aromatic nitrogens is 2. The molecule has 0 radical (unpaired) electrons. The Kier molecular flexibility index (Phi) is 7.01. The smallest absolute Gasteiger partial charge is 0.410 e. The zero-order valence-electron chi connectivity index (χ0n) is 22.1. The first-order valence-electron chi connectivity index (χ1n) is 13.2. The predicted molar refractivity (Wildman–Crippen MR) is 145 cm³/mol. The minimum atomic E-state index is -0.531. The number of amides is 2. The number of nitrogens with one attached hydrogen (secondary N) is 1. The maximum absolute atomic E-state index is 12.6.